The molecule has 0 amide bonds. The van der Waals surface area contributed by atoms with Gasteiger partial charge in [0.05, 0.1) is 29.8 Å². The number of ether oxygens (including phenoxy) is 1. The van der Waals surface area contributed by atoms with Crippen LogP contribution < -0.4 is 5.32 Å². The average Bonchev–Trinajstić information content (AvgIpc) is 2.57. The first-order valence-corrected chi connectivity index (χ1v) is 6.09. The van der Waals surface area contributed by atoms with Crippen molar-refractivity contribution in [3.8, 4) is 0 Å². The summed E-state index contributed by atoms with van der Waals surface area (Å²) in [5.74, 6) is 0.716. The molecule has 2 N–H and O–H groups in total. The lowest BCUT2D eigenvalue weighted by atomic mass is 10.2. The molecule has 1 saturated heterocycles. The van der Waals surface area contributed by atoms with Crippen LogP contribution in [0.5, 0.6) is 0 Å². The Morgan fingerprint density at radius 3 is 2.87 bits per heavy atom. The molecule has 0 aromatic carbocycles. The number of rotatable bonds is 2. The minimum absolute atomic E-state index is 0.0880. The molecule has 0 bridgehead atoms. The van der Waals surface area contributed by atoms with Crippen LogP contribution in [0.25, 0.3) is 0 Å². The van der Waals surface area contributed by atoms with Crippen LogP contribution in [-0.2, 0) is 4.74 Å². The van der Waals surface area contributed by atoms with Crippen LogP contribution in [0.15, 0.2) is 21.2 Å². The van der Waals surface area contributed by atoms with Crippen LogP contribution in [0.1, 0.15) is 0 Å². The van der Waals surface area contributed by atoms with E-state index in [2.05, 4.69) is 42.2 Å². The van der Waals surface area contributed by atoms with Crippen molar-refractivity contribution in [2.24, 2.45) is 0 Å². The SMILES string of the molecule is OC1COCC1Nc1ncc(Br)cc1Br. The number of nitrogens with one attached hydrogen (secondary N) is 1. The van der Waals surface area contributed by atoms with Gasteiger partial charge in [0.2, 0.25) is 0 Å². The molecule has 1 aromatic heterocycles. The summed E-state index contributed by atoms with van der Waals surface area (Å²) in [4.78, 5) is 4.20. The summed E-state index contributed by atoms with van der Waals surface area (Å²) in [7, 11) is 0. The Kier molecular flexibility index (Phi) is 3.60. The second-order valence-electron chi connectivity index (χ2n) is 3.34. The molecular formula is C9H10Br2N2O2. The van der Waals surface area contributed by atoms with Gasteiger partial charge in [0, 0.05) is 10.7 Å². The summed E-state index contributed by atoms with van der Waals surface area (Å²) in [6.45, 7) is 0.886. The molecule has 1 fully saturated rings. The van der Waals surface area contributed by atoms with E-state index in [9.17, 15) is 5.11 Å². The predicted molar refractivity (Wildman–Crippen MR) is 63.9 cm³/mol. The van der Waals surface area contributed by atoms with Crippen LogP contribution in [0.4, 0.5) is 5.82 Å². The van der Waals surface area contributed by atoms with Crippen molar-refractivity contribution in [2.75, 3.05) is 18.5 Å². The number of nitrogens with zero attached hydrogens (tertiary/aromatic N) is 1. The van der Waals surface area contributed by atoms with Crippen molar-refractivity contribution in [3.05, 3.63) is 21.2 Å². The maximum Gasteiger partial charge on any atom is 0.140 e. The molecule has 15 heavy (non-hydrogen) atoms. The standard InChI is InChI=1S/C9H10Br2N2O2/c10-5-1-6(11)9(12-2-5)13-7-3-15-4-8(7)14/h1-2,7-8,14H,3-4H2,(H,12,13). The third kappa shape index (κ3) is 2.69. The molecule has 1 aromatic rings. The highest BCUT2D eigenvalue weighted by atomic mass is 79.9. The van der Waals surface area contributed by atoms with Crippen LogP contribution in [-0.4, -0.2) is 35.5 Å². The van der Waals surface area contributed by atoms with Gasteiger partial charge in [-0.15, -0.1) is 0 Å². The van der Waals surface area contributed by atoms with Crippen LogP contribution in [0, 0.1) is 0 Å². The minimum atomic E-state index is -0.470. The number of aliphatic hydroxyl groups excluding tert-OH is 1. The minimum Gasteiger partial charge on any atom is -0.388 e. The monoisotopic (exact) mass is 336 g/mol. The van der Waals surface area contributed by atoms with E-state index in [1.165, 1.54) is 0 Å². The average molecular weight is 338 g/mol. The van der Waals surface area contributed by atoms with E-state index in [0.29, 0.717) is 19.0 Å². The van der Waals surface area contributed by atoms with E-state index in [1.807, 2.05) is 6.07 Å². The normalized spacial score (nSPS) is 25.5. The molecule has 6 heteroatoms. The van der Waals surface area contributed by atoms with Crippen molar-refractivity contribution >= 4 is 37.7 Å². The number of anilines is 1. The van der Waals surface area contributed by atoms with Gasteiger partial charge in [-0.3, -0.25) is 0 Å². The summed E-state index contributed by atoms with van der Waals surface area (Å²) in [5, 5.41) is 12.7. The van der Waals surface area contributed by atoms with E-state index in [0.717, 1.165) is 8.95 Å². The van der Waals surface area contributed by atoms with Gasteiger partial charge in [-0.1, -0.05) is 0 Å². The number of pyridine rings is 1. The number of hydrogen-bond acceptors (Lipinski definition) is 4. The lowest BCUT2D eigenvalue weighted by molar-refractivity contribution is 0.125. The Morgan fingerprint density at radius 1 is 1.47 bits per heavy atom. The molecule has 2 heterocycles. The van der Waals surface area contributed by atoms with Gasteiger partial charge in [0.1, 0.15) is 5.82 Å². The molecule has 82 valence electrons. The van der Waals surface area contributed by atoms with Gasteiger partial charge < -0.3 is 15.2 Å². The maximum atomic E-state index is 9.56. The van der Waals surface area contributed by atoms with E-state index in [1.54, 1.807) is 6.20 Å². The fourth-order valence-electron chi connectivity index (χ4n) is 1.38. The first-order valence-electron chi connectivity index (χ1n) is 4.50. The van der Waals surface area contributed by atoms with Gasteiger partial charge in [0.25, 0.3) is 0 Å². The second kappa shape index (κ2) is 4.78. The molecule has 0 radical (unpaired) electrons. The summed E-state index contributed by atoms with van der Waals surface area (Å²) in [6.07, 6.45) is 1.23. The number of aliphatic hydroxyl groups is 1. The predicted octanol–water partition coefficient (Wildman–Crippen LogP) is 1.78. The topological polar surface area (TPSA) is 54.4 Å². The molecule has 0 aliphatic carbocycles. The van der Waals surface area contributed by atoms with E-state index < -0.39 is 6.10 Å². The van der Waals surface area contributed by atoms with Crippen molar-refractivity contribution in [1.82, 2.24) is 4.98 Å². The summed E-state index contributed by atoms with van der Waals surface area (Å²) in [6, 6.07) is 1.81. The summed E-state index contributed by atoms with van der Waals surface area (Å²) < 4.78 is 6.90. The first-order chi connectivity index (χ1) is 7.16. The molecule has 2 rings (SSSR count). The largest absolute Gasteiger partial charge is 0.388 e. The zero-order chi connectivity index (χ0) is 10.8. The number of aromatic nitrogens is 1. The molecule has 1 aliphatic rings. The van der Waals surface area contributed by atoms with Gasteiger partial charge in [-0.05, 0) is 37.9 Å². The van der Waals surface area contributed by atoms with E-state index in [-0.39, 0.29) is 6.04 Å². The quantitative estimate of drug-likeness (QED) is 0.863. The van der Waals surface area contributed by atoms with Gasteiger partial charge in [-0.2, -0.15) is 0 Å². The Bertz CT molecular complexity index is 362. The van der Waals surface area contributed by atoms with Crippen LogP contribution in [0.2, 0.25) is 0 Å². The van der Waals surface area contributed by atoms with E-state index in [4.69, 9.17) is 4.74 Å². The molecule has 1 aliphatic heterocycles. The van der Waals surface area contributed by atoms with Crippen molar-refractivity contribution in [2.45, 2.75) is 12.1 Å². The third-order valence-corrected chi connectivity index (χ3v) is 3.22. The number of halogens is 2. The molecule has 0 saturated carbocycles. The smallest absolute Gasteiger partial charge is 0.140 e. The molecular weight excluding hydrogens is 328 g/mol. The van der Waals surface area contributed by atoms with Gasteiger partial charge >= 0.3 is 0 Å². The highest BCUT2D eigenvalue weighted by Crippen LogP contribution is 2.25. The van der Waals surface area contributed by atoms with Crippen LogP contribution >= 0.6 is 31.9 Å². The molecule has 2 atom stereocenters. The van der Waals surface area contributed by atoms with Crippen molar-refractivity contribution in [1.29, 1.82) is 0 Å². The summed E-state index contributed by atoms with van der Waals surface area (Å²) >= 11 is 6.72. The highest BCUT2D eigenvalue weighted by molar-refractivity contribution is 9.11. The second-order valence-corrected chi connectivity index (χ2v) is 5.11. The molecule has 0 spiro atoms. The summed E-state index contributed by atoms with van der Waals surface area (Å²) in [5.41, 5.74) is 0. The lowest BCUT2D eigenvalue weighted by Gasteiger charge is -2.16. The van der Waals surface area contributed by atoms with Gasteiger partial charge in [0.15, 0.2) is 0 Å². The third-order valence-electron chi connectivity index (χ3n) is 2.18. The zero-order valence-electron chi connectivity index (χ0n) is 7.78. The Hall–Kier alpha value is -0.170. The highest BCUT2D eigenvalue weighted by Gasteiger charge is 2.26. The molecule has 2 unspecified atom stereocenters. The fraction of sp³-hybridized carbons (Fsp3) is 0.444. The van der Waals surface area contributed by atoms with Crippen molar-refractivity contribution < 1.29 is 9.84 Å². The maximum absolute atomic E-state index is 9.56. The molecule has 4 nitrogen and oxygen atoms in total. The van der Waals surface area contributed by atoms with Gasteiger partial charge in [-0.25, -0.2) is 4.98 Å². The van der Waals surface area contributed by atoms with E-state index >= 15 is 0 Å². The zero-order valence-corrected chi connectivity index (χ0v) is 11.0. The first kappa shape index (κ1) is 11.3. The Labute approximate surface area is 104 Å². The Balaban J connectivity index is 2.10. The lowest BCUT2D eigenvalue weighted by Crippen LogP contribution is -2.32. The van der Waals surface area contributed by atoms with Crippen molar-refractivity contribution in [3.63, 3.8) is 0 Å². The Morgan fingerprint density at radius 2 is 2.27 bits per heavy atom. The van der Waals surface area contributed by atoms with Crippen LogP contribution in [0.3, 0.4) is 0 Å². The fourth-order valence-corrected chi connectivity index (χ4v) is 2.48. The number of hydrogen-bond donors (Lipinski definition) is 2.